The Morgan fingerprint density at radius 2 is 1.46 bits per heavy atom. The van der Waals surface area contributed by atoms with Crippen LogP contribution in [0.15, 0.2) is 0 Å². The van der Waals surface area contributed by atoms with Gasteiger partial charge in [-0.2, -0.15) is 17.0 Å². The van der Waals surface area contributed by atoms with Gasteiger partial charge in [-0.05, 0) is 62.9 Å². The van der Waals surface area contributed by atoms with E-state index in [1.165, 1.54) is 38.9 Å². The SMILES string of the molecule is CC(C)CN1CCC(C2CCN(S(=O)(=O)N3CCCCC3)C2)CC1. The molecule has 140 valence electrons. The summed E-state index contributed by atoms with van der Waals surface area (Å²) in [6.07, 6.45) is 6.76. The molecule has 3 aliphatic rings. The summed E-state index contributed by atoms with van der Waals surface area (Å²) in [6.45, 7) is 11.1. The van der Waals surface area contributed by atoms with Crippen LogP contribution in [0.5, 0.6) is 0 Å². The Morgan fingerprint density at radius 1 is 0.833 bits per heavy atom. The molecule has 24 heavy (non-hydrogen) atoms. The molecule has 0 aliphatic carbocycles. The summed E-state index contributed by atoms with van der Waals surface area (Å²) in [5.74, 6) is 2.03. The number of hydrogen-bond acceptors (Lipinski definition) is 3. The first-order chi connectivity index (χ1) is 11.5. The average Bonchev–Trinajstić information content (AvgIpc) is 3.07. The molecule has 0 aromatic rings. The summed E-state index contributed by atoms with van der Waals surface area (Å²) < 4.78 is 29.2. The molecule has 0 aromatic heterocycles. The van der Waals surface area contributed by atoms with E-state index in [-0.39, 0.29) is 0 Å². The van der Waals surface area contributed by atoms with Gasteiger partial charge < -0.3 is 4.90 Å². The molecule has 0 radical (unpaired) electrons. The molecule has 0 aromatic carbocycles. The second kappa shape index (κ2) is 8.02. The Labute approximate surface area is 148 Å². The van der Waals surface area contributed by atoms with Crippen LogP contribution in [-0.2, 0) is 10.2 Å². The van der Waals surface area contributed by atoms with E-state index in [9.17, 15) is 8.42 Å². The molecule has 1 unspecified atom stereocenters. The van der Waals surface area contributed by atoms with Crippen LogP contribution < -0.4 is 0 Å². The summed E-state index contributed by atoms with van der Waals surface area (Å²) in [5.41, 5.74) is 0. The van der Waals surface area contributed by atoms with Gasteiger partial charge in [-0.15, -0.1) is 0 Å². The van der Waals surface area contributed by atoms with Gasteiger partial charge >= 0.3 is 0 Å². The van der Waals surface area contributed by atoms with Crippen molar-refractivity contribution in [3.8, 4) is 0 Å². The van der Waals surface area contributed by atoms with Crippen molar-refractivity contribution in [2.45, 2.75) is 52.4 Å². The molecule has 3 fully saturated rings. The van der Waals surface area contributed by atoms with Gasteiger partial charge in [0.15, 0.2) is 0 Å². The highest BCUT2D eigenvalue weighted by atomic mass is 32.2. The van der Waals surface area contributed by atoms with Crippen LogP contribution in [0, 0.1) is 17.8 Å². The molecule has 3 aliphatic heterocycles. The monoisotopic (exact) mass is 357 g/mol. The molecule has 5 nitrogen and oxygen atoms in total. The fraction of sp³-hybridized carbons (Fsp3) is 1.00. The highest BCUT2D eigenvalue weighted by Gasteiger charge is 2.39. The largest absolute Gasteiger partial charge is 0.303 e. The maximum atomic E-state index is 12.8. The molecular formula is C18H35N3O2S. The number of likely N-dealkylation sites (tertiary alicyclic amines) is 1. The first-order valence-corrected chi connectivity index (χ1v) is 11.3. The van der Waals surface area contributed by atoms with E-state index >= 15 is 0 Å². The maximum absolute atomic E-state index is 12.8. The topological polar surface area (TPSA) is 43.9 Å². The fourth-order valence-electron chi connectivity index (χ4n) is 4.73. The van der Waals surface area contributed by atoms with E-state index in [1.54, 1.807) is 8.61 Å². The fourth-order valence-corrected chi connectivity index (χ4v) is 6.49. The van der Waals surface area contributed by atoms with Crippen molar-refractivity contribution in [3.63, 3.8) is 0 Å². The van der Waals surface area contributed by atoms with Gasteiger partial charge in [0.2, 0.25) is 0 Å². The Hall–Kier alpha value is -0.170. The van der Waals surface area contributed by atoms with Gasteiger partial charge in [-0.3, -0.25) is 0 Å². The number of nitrogens with zero attached hydrogens (tertiary/aromatic N) is 3. The van der Waals surface area contributed by atoms with Crippen LogP contribution in [0.3, 0.4) is 0 Å². The minimum atomic E-state index is -3.20. The zero-order chi connectivity index (χ0) is 17.2. The first kappa shape index (κ1) is 18.6. The predicted octanol–water partition coefficient (Wildman–Crippen LogP) is 2.41. The van der Waals surface area contributed by atoms with Crippen molar-refractivity contribution >= 4 is 10.2 Å². The molecule has 0 N–H and O–H groups in total. The average molecular weight is 358 g/mol. The smallest absolute Gasteiger partial charge is 0.281 e. The minimum absolute atomic E-state index is 0.575. The van der Waals surface area contributed by atoms with Crippen molar-refractivity contribution in [3.05, 3.63) is 0 Å². The van der Waals surface area contributed by atoms with Crippen LogP contribution in [-0.4, -0.2) is 67.7 Å². The van der Waals surface area contributed by atoms with Gasteiger partial charge in [-0.1, -0.05) is 20.3 Å². The lowest BCUT2D eigenvalue weighted by molar-refractivity contribution is 0.138. The summed E-state index contributed by atoms with van der Waals surface area (Å²) in [7, 11) is -3.20. The van der Waals surface area contributed by atoms with Crippen molar-refractivity contribution in [1.82, 2.24) is 13.5 Å². The summed E-state index contributed by atoms with van der Waals surface area (Å²) in [6, 6.07) is 0. The molecule has 0 spiro atoms. The normalized spacial score (nSPS) is 29.5. The lowest BCUT2D eigenvalue weighted by atomic mass is 9.83. The van der Waals surface area contributed by atoms with Crippen LogP contribution in [0.4, 0.5) is 0 Å². The standard InChI is InChI=1S/C18H35N3O2S/c1-16(2)14-19-11-6-17(7-12-19)18-8-13-21(15-18)24(22,23)20-9-4-3-5-10-20/h16-18H,3-15H2,1-2H3. The third kappa shape index (κ3) is 4.32. The number of rotatable bonds is 5. The zero-order valence-corrected chi connectivity index (χ0v) is 16.3. The second-order valence-electron chi connectivity index (χ2n) is 8.41. The van der Waals surface area contributed by atoms with E-state index in [0.717, 1.165) is 57.3 Å². The van der Waals surface area contributed by atoms with E-state index in [1.807, 2.05) is 0 Å². The van der Waals surface area contributed by atoms with Crippen molar-refractivity contribution in [2.75, 3.05) is 45.8 Å². The van der Waals surface area contributed by atoms with Crippen molar-refractivity contribution in [1.29, 1.82) is 0 Å². The summed E-state index contributed by atoms with van der Waals surface area (Å²) in [5, 5.41) is 0. The molecule has 0 saturated carbocycles. The summed E-state index contributed by atoms with van der Waals surface area (Å²) in [4.78, 5) is 2.58. The quantitative estimate of drug-likeness (QED) is 0.759. The van der Waals surface area contributed by atoms with E-state index in [2.05, 4.69) is 18.7 Å². The van der Waals surface area contributed by atoms with Gasteiger partial charge in [0.05, 0.1) is 0 Å². The molecule has 3 saturated heterocycles. The van der Waals surface area contributed by atoms with Crippen molar-refractivity contribution < 1.29 is 8.42 Å². The Balaban J connectivity index is 1.50. The van der Waals surface area contributed by atoms with Crippen LogP contribution >= 0.6 is 0 Å². The predicted molar refractivity (Wildman–Crippen MR) is 98.0 cm³/mol. The molecule has 1 atom stereocenters. The highest BCUT2D eigenvalue weighted by molar-refractivity contribution is 7.86. The van der Waals surface area contributed by atoms with Gasteiger partial charge in [0.25, 0.3) is 10.2 Å². The Morgan fingerprint density at radius 3 is 2.08 bits per heavy atom. The number of hydrogen-bond donors (Lipinski definition) is 0. The van der Waals surface area contributed by atoms with Crippen LogP contribution in [0.2, 0.25) is 0 Å². The molecule has 0 amide bonds. The van der Waals surface area contributed by atoms with Gasteiger partial charge in [0.1, 0.15) is 0 Å². The highest BCUT2D eigenvalue weighted by Crippen LogP contribution is 2.34. The third-order valence-electron chi connectivity index (χ3n) is 6.08. The summed E-state index contributed by atoms with van der Waals surface area (Å²) >= 11 is 0. The molecule has 3 heterocycles. The van der Waals surface area contributed by atoms with E-state index in [0.29, 0.717) is 5.92 Å². The second-order valence-corrected chi connectivity index (χ2v) is 10.3. The first-order valence-electron chi connectivity index (χ1n) is 9.94. The molecule has 3 rings (SSSR count). The van der Waals surface area contributed by atoms with Crippen LogP contribution in [0.1, 0.15) is 52.4 Å². The molecule has 0 bridgehead atoms. The lowest BCUT2D eigenvalue weighted by Gasteiger charge is -2.36. The third-order valence-corrected chi connectivity index (χ3v) is 8.08. The van der Waals surface area contributed by atoms with E-state index < -0.39 is 10.2 Å². The minimum Gasteiger partial charge on any atom is -0.303 e. The van der Waals surface area contributed by atoms with Crippen molar-refractivity contribution in [2.24, 2.45) is 17.8 Å². The number of piperidine rings is 2. The maximum Gasteiger partial charge on any atom is 0.281 e. The van der Waals surface area contributed by atoms with Crippen LogP contribution in [0.25, 0.3) is 0 Å². The lowest BCUT2D eigenvalue weighted by Crippen LogP contribution is -2.45. The van der Waals surface area contributed by atoms with Gasteiger partial charge in [0, 0.05) is 32.7 Å². The zero-order valence-electron chi connectivity index (χ0n) is 15.5. The van der Waals surface area contributed by atoms with E-state index in [4.69, 9.17) is 0 Å². The molecule has 6 heteroatoms. The Kier molecular flexibility index (Phi) is 6.22. The van der Waals surface area contributed by atoms with Gasteiger partial charge in [-0.25, -0.2) is 0 Å². The Bertz CT molecular complexity index is 494. The molecular weight excluding hydrogens is 322 g/mol.